The molecule has 1 N–H and O–H groups in total. The highest BCUT2D eigenvalue weighted by Crippen LogP contribution is 2.21. The maximum Gasteiger partial charge on any atom is 0.511 e. The Balaban J connectivity index is -0.000000516. The standard InChI is InChI=1S/C7H10F3NO4S.C4H8.C2H6/c1-5(2)6(12)15-4-3-11-16(13,14)7(8,9)10;1-3-4-2;1-2/h11H,1,3-4H2,2H3;3-4H,1-2H3;1-2H3/b;4-3-;. The molecule has 0 saturated heterocycles. The molecule has 0 unspecified atom stereocenters. The number of ether oxygens (including phenoxy) is 1. The van der Waals surface area contributed by atoms with Crippen LogP contribution in [0.1, 0.15) is 34.6 Å². The van der Waals surface area contributed by atoms with E-state index < -0.39 is 34.7 Å². The number of carbonyl (C=O) groups is 1. The van der Waals surface area contributed by atoms with E-state index in [0.29, 0.717) is 0 Å². The van der Waals surface area contributed by atoms with Crippen molar-refractivity contribution in [2.24, 2.45) is 0 Å². The fourth-order valence-corrected chi connectivity index (χ4v) is 1.04. The maximum absolute atomic E-state index is 11.8. The third-order valence-electron chi connectivity index (χ3n) is 1.61. The van der Waals surface area contributed by atoms with Gasteiger partial charge in [-0.25, -0.2) is 17.9 Å². The summed E-state index contributed by atoms with van der Waals surface area (Å²) < 4.78 is 61.8. The van der Waals surface area contributed by atoms with Crippen molar-refractivity contribution >= 4 is 16.0 Å². The van der Waals surface area contributed by atoms with Crippen LogP contribution < -0.4 is 4.72 Å². The SMILES string of the molecule is C/C=C\C.C=C(C)C(=O)OCCNS(=O)(=O)C(F)(F)F.CC. The molecule has 0 amide bonds. The Morgan fingerprint density at radius 3 is 1.91 bits per heavy atom. The van der Waals surface area contributed by atoms with Gasteiger partial charge >= 0.3 is 21.5 Å². The minimum atomic E-state index is -5.38. The number of nitrogens with one attached hydrogen (secondary N) is 1. The Hall–Kier alpha value is -1.35. The van der Waals surface area contributed by atoms with E-state index in [2.05, 4.69) is 11.3 Å². The van der Waals surface area contributed by atoms with Crippen LogP contribution in [0.3, 0.4) is 0 Å². The summed E-state index contributed by atoms with van der Waals surface area (Å²) in [4.78, 5) is 10.7. The third kappa shape index (κ3) is 13.6. The van der Waals surface area contributed by atoms with E-state index in [1.54, 1.807) is 0 Å². The molecule has 0 atom stereocenters. The fraction of sp³-hybridized carbons (Fsp3) is 0.615. The number of alkyl halides is 3. The van der Waals surface area contributed by atoms with Gasteiger partial charge in [-0.2, -0.15) is 13.2 Å². The summed E-state index contributed by atoms with van der Waals surface area (Å²) >= 11 is 0. The molecule has 0 aliphatic heterocycles. The molecule has 22 heavy (non-hydrogen) atoms. The Labute approximate surface area is 130 Å². The highest BCUT2D eigenvalue weighted by Gasteiger charge is 2.45. The number of halogens is 3. The fourth-order valence-electron chi connectivity index (χ4n) is 0.525. The van der Waals surface area contributed by atoms with E-state index in [1.165, 1.54) is 11.6 Å². The van der Waals surface area contributed by atoms with E-state index in [0.717, 1.165) is 0 Å². The summed E-state index contributed by atoms with van der Waals surface area (Å²) in [6.45, 7) is 11.4. The van der Waals surface area contributed by atoms with E-state index in [1.807, 2.05) is 39.8 Å². The zero-order valence-electron chi connectivity index (χ0n) is 13.5. The highest BCUT2D eigenvalue weighted by atomic mass is 32.2. The van der Waals surface area contributed by atoms with Crippen LogP contribution in [-0.4, -0.2) is 33.0 Å². The molecule has 0 saturated carbocycles. The normalized spacial score (nSPS) is 10.9. The number of rotatable bonds is 5. The lowest BCUT2D eigenvalue weighted by atomic mass is 10.4. The van der Waals surface area contributed by atoms with E-state index in [-0.39, 0.29) is 5.57 Å². The summed E-state index contributed by atoms with van der Waals surface area (Å²) in [5.74, 6) is -0.800. The second-order valence-corrected chi connectivity index (χ2v) is 5.18. The van der Waals surface area contributed by atoms with Crippen molar-refractivity contribution in [3.8, 4) is 0 Å². The monoisotopic (exact) mass is 347 g/mol. The van der Waals surface area contributed by atoms with Gasteiger partial charge in [0.25, 0.3) is 0 Å². The summed E-state index contributed by atoms with van der Waals surface area (Å²) in [6.07, 6.45) is 4.00. The Morgan fingerprint density at radius 2 is 1.64 bits per heavy atom. The van der Waals surface area contributed by atoms with Gasteiger partial charge in [-0.05, 0) is 20.8 Å². The van der Waals surface area contributed by atoms with Crippen molar-refractivity contribution in [1.29, 1.82) is 0 Å². The Bertz CT molecular complexity index is 439. The van der Waals surface area contributed by atoms with Gasteiger partial charge in [0, 0.05) is 12.1 Å². The summed E-state index contributed by atoms with van der Waals surface area (Å²) in [6, 6.07) is 0. The number of esters is 1. The summed E-state index contributed by atoms with van der Waals surface area (Å²) in [5, 5.41) is 0. The molecule has 0 rings (SSSR count). The molecule has 9 heteroatoms. The van der Waals surface area contributed by atoms with Gasteiger partial charge in [0.1, 0.15) is 6.61 Å². The van der Waals surface area contributed by atoms with Crippen LogP contribution in [0.5, 0.6) is 0 Å². The highest BCUT2D eigenvalue weighted by molar-refractivity contribution is 7.90. The average molecular weight is 347 g/mol. The first-order valence-corrected chi connectivity index (χ1v) is 7.93. The lowest BCUT2D eigenvalue weighted by molar-refractivity contribution is -0.138. The zero-order valence-corrected chi connectivity index (χ0v) is 14.3. The molecule has 0 radical (unpaired) electrons. The van der Waals surface area contributed by atoms with Crippen molar-refractivity contribution in [2.75, 3.05) is 13.2 Å². The van der Waals surface area contributed by atoms with Crippen LogP contribution in [0.25, 0.3) is 0 Å². The smallest absolute Gasteiger partial charge is 0.461 e. The van der Waals surface area contributed by atoms with Crippen LogP contribution in [0.4, 0.5) is 13.2 Å². The van der Waals surface area contributed by atoms with Gasteiger partial charge in [0.05, 0.1) is 0 Å². The van der Waals surface area contributed by atoms with Crippen LogP contribution >= 0.6 is 0 Å². The molecule has 0 fully saturated rings. The minimum absolute atomic E-state index is 0.0682. The van der Waals surface area contributed by atoms with Crippen molar-refractivity contribution in [2.45, 2.75) is 40.1 Å². The molecule has 0 aliphatic carbocycles. The van der Waals surface area contributed by atoms with Crippen LogP contribution in [0.15, 0.2) is 24.3 Å². The van der Waals surface area contributed by atoms with Gasteiger partial charge in [0.15, 0.2) is 0 Å². The largest absolute Gasteiger partial charge is 0.511 e. The van der Waals surface area contributed by atoms with E-state index >= 15 is 0 Å². The first kappa shape index (κ1) is 25.6. The van der Waals surface area contributed by atoms with Crippen molar-refractivity contribution in [1.82, 2.24) is 4.72 Å². The molecule has 5 nitrogen and oxygen atoms in total. The summed E-state index contributed by atoms with van der Waals surface area (Å²) in [7, 11) is -5.38. The predicted octanol–water partition coefficient (Wildman–Crippen LogP) is 3.15. The molecule has 0 aromatic heterocycles. The number of allylic oxidation sites excluding steroid dienone is 2. The van der Waals surface area contributed by atoms with E-state index in [9.17, 15) is 26.4 Å². The van der Waals surface area contributed by atoms with Crippen molar-refractivity contribution in [3.63, 3.8) is 0 Å². The lowest BCUT2D eigenvalue weighted by Crippen LogP contribution is -2.38. The topological polar surface area (TPSA) is 72.5 Å². The second-order valence-electron chi connectivity index (χ2n) is 3.43. The Morgan fingerprint density at radius 1 is 1.23 bits per heavy atom. The van der Waals surface area contributed by atoms with Gasteiger partial charge in [0.2, 0.25) is 0 Å². The van der Waals surface area contributed by atoms with Gasteiger partial charge in [-0.3, -0.25) is 0 Å². The van der Waals surface area contributed by atoms with Crippen LogP contribution in [-0.2, 0) is 19.6 Å². The van der Waals surface area contributed by atoms with Crippen LogP contribution in [0.2, 0.25) is 0 Å². The van der Waals surface area contributed by atoms with Crippen LogP contribution in [0, 0.1) is 0 Å². The molecular formula is C13H24F3NO4S. The molecule has 0 bridgehead atoms. The van der Waals surface area contributed by atoms with Crippen molar-refractivity contribution in [3.05, 3.63) is 24.3 Å². The van der Waals surface area contributed by atoms with Gasteiger partial charge in [-0.1, -0.05) is 32.6 Å². The molecule has 0 aromatic rings. The molecule has 0 spiro atoms. The number of carbonyl (C=O) groups excluding carboxylic acids is 1. The molecular weight excluding hydrogens is 323 g/mol. The molecule has 0 aromatic carbocycles. The average Bonchev–Trinajstić information content (AvgIpc) is 2.44. The molecule has 0 heterocycles. The summed E-state index contributed by atoms with van der Waals surface area (Å²) in [5.41, 5.74) is -5.30. The number of hydrogen-bond acceptors (Lipinski definition) is 4. The lowest BCUT2D eigenvalue weighted by Gasteiger charge is -2.09. The number of hydrogen-bond donors (Lipinski definition) is 1. The van der Waals surface area contributed by atoms with Gasteiger partial charge < -0.3 is 4.74 Å². The minimum Gasteiger partial charge on any atom is -0.461 e. The second kappa shape index (κ2) is 13.3. The molecule has 0 aliphatic rings. The maximum atomic E-state index is 11.8. The predicted molar refractivity (Wildman–Crippen MR) is 80.6 cm³/mol. The van der Waals surface area contributed by atoms with Crippen molar-refractivity contribution < 1.29 is 31.1 Å². The first-order valence-electron chi connectivity index (χ1n) is 6.45. The first-order chi connectivity index (χ1) is 9.99. The van der Waals surface area contributed by atoms with Gasteiger partial charge in [-0.15, -0.1) is 0 Å². The molecule has 132 valence electrons. The number of sulfonamides is 1. The zero-order chi connectivity index (χ0) is 18.4. The quantitative estimate of drug-likeness (QED) is 0.359. The Kier molecular flexibility index (Phi) is 15.5. The van der Waals surface area contributed by atoms with E-state index in [4.69, 9.17) is 0 Å². The third-order valence-corrected chi connectivity index (χ3v) is 2.81.